The molecule has 6 rings (SSSR count). The maximum Gasteiger partial charge on any atom is 0.291 e. The first kappa shape index (κ1) is 35.1. The number of carbonyl (C=O) groups excluding carboxylic acids is 4. The molecule has 2 aliphatic heterocycles. The van der Waals surface area contributed by atoms with E-state index in [1.165, 1.54) is 4.57 Å². The summed E-state index contributed by atoms with van der Waals surface area (Å²) in [7, 11) is 3.46. The number of amides is 4. The number of benzene rings is 2. The fraction of sp³-hybridized carbons (Fsp3) is 0.351. The Kier molecular flexibility index (Phi) is 10.6. The molecule has 0 bridgehead atoms. The van der Waals surface area contributed by atoms with Gasteiger partial charge >= 0.3 is 0 Å². The molecule has 0 aliphatic carbocycles. The Balaban J connectivity index is 0.980. The average Bonchev–Trinajstić information content (AvgIpc) is 3.83. The van der Waals surface area contributed by atoms with Crippen molar-refractivity contribution in [1.82, 2.24) is 24.3 Å². The van der Waals surface area contributed by atoms with Gasteiger partial charge in [-0.3, -0.25) is 24.2 Å². The second kappa shape index (κ2) is 15.4. The van der Waals surface area contributed by atoms with Crippen molar-refractivity contribution >= 4 is 47.0 Å². The molecular weight excluding hydrogens is 652 g/mol. The van der Waals surface area contributed by atoms with Gasteiger partial charge in [-0.25, -0.2) is 4.98 Å². The van der Waals surface area contributed by atoms with Crippen LogP contribution in [0.3, 0.4) is 0 Å². The highest BCUT2D eigenvalue weighted by atomic mass is 16.5. The first-order valence-corrected chi connectivity index (χ1v) is 17.0. The summed E-state index contributed by atoms with van der Waals surface area (Å²) in [6.07, 6.45) is 8.28. The zero-order valence-electron chi connectivity index (χ0n) is 28.9. The van der Waals surface area contributed by atoms with E-state index in [1.807, 2.05) is 42.4 Å². The number of aliphatic imine (C=N–C) groups is 1. The Morgan fingerprint density at radius 3 is 2.57 bits per heavy atom. The van der Waals surface area contributed by atoms with Gasteiger partial charge in [0.25, 0.3) is 17.7 Å². The largest absolute Gasteiger partial charge is 0.493 e. The number of imidazole rings is 1. The third kappa shape index (κ3) is 8.01. The van der Waals surface area contributed by atoms with E-state index >= 15 is 0 Å². The third-order valence-corrected chi connectivity index (χ3v) is 8.96. The van der Waals surface area contributed by atoms with Crippen molar-refractivity contribution in [1.29, 1.82) is 0 Å². The lowest BCUT2D eigenvalue weighted by Gasteiger charge is -2.20. The van der Waals surface area contributed by atoms with Gasteiger partial charge in [0.1, 0.15) is 11.4 Å². The van der Waals surface area contributed by atoms with Crippen LogP contribution < -0.4 is 20.7 Å². The molecule has 51 heavy (non-hydrogen) atoms. The van der Waals surface area contributed by atoms with Crippen LogP contribution in [0.15, 0.2) is 59.9 Å². The van der Waals surface area contributed by atoms with Crippen molar-refractivity contribution in [2.24, 2.45) is 19.1 Å². The number of anilines is 2. The monoisotopic (exact) mass is 694 g/mol. The number of aryl methyl sites for hydroxylation is 3. The number of nitrogens with one attached hydrogen (secondary N) is 3. The quantitative estimate of drug-likeness (QED) is 0.152. The number of ether oxygens (including phenoxy) is 1. The molecule has 0 unspecified atom stereocenters. The minimum atomic E-state index is -0.441. The molecule has 2 aliphatic rings. The molecule has 0 saturated carbocycles. The second-order valence-electron chi connectivity index (χ2n) is 12.8. The SMILES string of the molecule is Cc1cc2c(cc1OCCCC(=O)Nc1cn(C)c(C(=O)Nc3ccc(-c4cc(C(=O)NCCCO)n(C)c4)cc3)n1)N=C[C@@H]1CCCN1C2=O. The van der Waals surface area contributed by atoms with E-state index in [2.05, 4.69) is 25.9 Å². The first-order valence-electron chi connectivity index (χ1n) is 17.0. The lowest BCUT2D eigenvalue weighted by atomic mass is 10.1. The highest BCUT2D eigenvalue weighted by Crippen LogP contribution is 2.34. The normalized spacial score (nSPS) is 14.9. The number of fused-ring (bicyclic) bond motifs is 2. The van der Waals surface area contributed by atoms with Crippen LogP contribution >= 0.6 is 0 Å². The molecule has 14 nitrogen and oxygen atoms in total. The van der Waals surface area contributed by atoms with E-state index < -0.39 is 5.91 Å². The zero-order valence-corrected chi connectivity index (χ0v) is 28.9. The van der Waals surface area contributed by atoms with E-state index in [0.29, 0.717) is 54.4 Å². The van der Waals surface area contributed by atoms with Crippen molar-refractivity contribution < 1.29 is 29.0 Å². The minimum absolute atomic E-state index is 0.000763. The fourth-order valence-electron chi connectivity index (χ4n) is 6.24. The van der Waals surface area contributed by atoms with Crippen LogP contribution in [0.25, 0.3) is 11.1 Å². The maximum absolute atomic E-state index is 13.1. The van der Waals surface area contributed by atoms with Crippen LogP contribution in [0.2, 0.25) is 0 Å². The molecule has 4 heterocycles. The molecular formula is C37H42N8O6. The standard InChI is InChI=1S/C37H42N8O6/c1-23-17-28-29(39-20-27-7-4-14-45(27)37(28)50)19-31(23)51-16-5-8-33(47)41-32-22-44(3)34(42-32)36(49)40-26-11-9-24(10-12-26)25-18-30(43(2)21-25)35(48)38-13-6-15-46/h9-12,17-22,27,46H,4-8,13-16H2,1-3H3,(H,38,48)(H,40,49)(H,41,47)/t27-/m0/s1. The number of nitrogens with zero attached hydrogens (tertiary/aromatic N) is 5. The Morgan fingerprint density at radius 2 is 1.78 bits per heavy atom. The molecule has 1 fully saturated rings. The molecule has 1 saturated heterocycles. The van der Waals surface area contributed by atoms with E-state index in [-0.39, 0.29) is 48.4 Å². The van der Waals surface area contributed by atoms with E-state index in [0.717, 1.165) is 36.1 Å². The van der Waals surface area contributed by atoms with Gasteiger partial charge in [-0.05, 0) is 68.0 Å². The number of rotatable bonds is 13. The summed E-state index contributed by atoms with van der Waals surface area (Å²) in [6.45, 7) is 3.33. The topological polar surface area (TPSA) is 172 Å². The molecule has 4 N–H and O–H groups in total. The lowest BCUT2D eigenvalue weighted by Crippen LogP contribution is -2.35. The van der Waals surface area contributed by atoms with E-state index in [4.69, 9.17) is 9.84 Å². The van der Waals surface area contributed by atoms with Crippen molar-refractivity contribution in [3.8, 4) is 16.9 Å². The lowest BCUT2D eigenvalue weighted by molar-refractivity contribution is -0.116. The molecule has 0 radical (unpaired) electrons. The van der Waals surface area contributed by atoms with Crippen LogP contribution in [-0.4, -0.2) is 86.3 Å². The fourth-order valence-corrected chi connectivity index (χ4v) is 6.24. The average molecular weight is 695 g/mol. The Hall–Kier alpha value is -5.76. The first-order chi connectivity index (χ1) is 24.6. The van der Waals surface area contributed by atoms with Crippen LogP contribution in [-0.2, 0) is 18.9 Å². The van der Waals surface area contributed by atoms with Crippen LogP contribution in [0.1, 0.15) is 69.1 Å². The van der Waals surface area contributed by atoms with E-state index in [1.54, 1.807) is 49.1 Å². The van der Waals surface area contributed by atoms with Gasteiger partial charge in [-0.15, -0.1) is 0 Å². The van der Waals surface area contributed by atoms with Crippen molar-refractivity contribution in [2.45, 2.75) is 45.1 Å². The van der Waals surface area contributed by atoms with Gasteiger partial charge in [-0.1, -0.05) is 12.1 Å². The Bertz CT molecular complexity index is 1980. The minimum Gasteiger partial charge on any atom is -0.493 e. The summed E-state index contributed by atoms with van der Waals surface area (Å²) < 4.78 is 9.25. The van der Waals surface area contributed by atoms with Crippen molar-refractivity contribution in [3.05, 3.63) is 77.5 Å². The van der Waals surface area contributed by atoms with Gasteiger partial charge in [0.05, 0.1) is 23.9 Å². The molecule has 2 aromatic carbocycles. The molecule has 1 atom stereocenters. The van der Waals surface area contributed by atoms with E-state index in [9.17, 15) is 19.2 Å². The Morgan fingerprint density at radius 1 is 0.980 bits per heavy atom. The number of aliphatic hydroxyl groups excluding tert-OH is 1. The summed E-state index contributed by atoms with van der Waals surface area (Å²) in [4.78, 5) is 62.0. The second-order valence-corrected chi connectivity index (χ2v) is 12.8. The van der Waals surface area contributed by atoms with Crippen molar-refractivity contribution in [2.75, 3.05) is 36.9 Å². The van der Waals surface area contributed by atoms with Gasteiger partial charge in [-0.2, -0.15) is 0 Å². The smallest absolute Gasteiger partial charge is 0.291 e. The molecule has 14 heteroatoms. The molecule has 2 aromatic heterocycles. The van der Waals surface area contributed by atoms with Gasteiger partial charge < -0.3 is 39.8 Å². The number of hydrogen-bond donors (Lipinski definition) is 4. The molecule has 0 spiro atoms. The number of aliphatic hydroxyl groups is 1. The number of carbonyl (C=O) groups is 4. The van der Waals surface area contributed by atoms with Crippen LogP contribution in [0.4, 0.5) is 17.2 Å². The summed E-state index contributed by atoms with van der Waals surface area (Å²) in [5.41, 5.74) is 4.77. The summed E-state index contributed by atoms with van der Waals surface area (Å²) in [6, 6.07) is 12.7. The summed E-state index contributed by atoms with van der Waals surface area (Å²) >= 11 is 0. The predicted molar refractivity (Wildman–Crippen MR) is 193 cm³/mol. The zero-order chi connectivity index (χ0) is 36.1. The summed E-state index contributed by atoms with van der Waals surface area (Å²) in [5, 5.41) is 17.3. The van der Waals surface area contributed by atoms with Gasteiger partial charge in [0.2, 0.25) is 11.7 Å². The predicted octanol–water partition coefficient (Wildman–Crippen LogP) is 4.22. The molecule has 4 aromatic rings. The van der Waals surface area contributed by atoms with Gasteiger partial charge in [0, 0.05) is 76.1 Å². The maximum atomic E-state index is 13.1. The van der Waals surface area contributed by atoms with Crippen molar-refractivity contribution in [3.63, 3.8) is 0 Å². The summed E-state index contributed by atoms with van der Waals surface area (Å²) in [5.74, 6) is 0.0821. The highest BCUT2D eigenvalue weighted by Gasteiger charge is 2.32. The molecule has 266 valence electrons. The Labute approximate surface area is 295 Å². The molecule has 4 amide bonds. The third-order valence-electron chi connectivity index (χ3n) is 8.96. The highest BCUT2D eigenvalue weighted by molar-refractivity contribution is 6.04. The van der Waals surface area contributed by atoms with Gasteiger partial charge in [0.15, 0.2) is 5.82 Å². The number of hydrogen-bond acceptors (Lipinski definition) is 8. The number of aromatic nitrogens is 3. The van der Waals surface area contributed by atoms with Crippen LogP contribution in [0, 0.1) is 6.92 Å². The van der Waals surface area contributed by atoms with Crippen LogP contribution in [0.5, 0.6) is 5.75 Å².